The van der Waals surface area contributed by atoms with Gasteiger partial charge in [-0.05, 0) is 103 Å². The number of carbonyl (C=O) groups excluding carboxylic acids is 1. The lowest BCUT2D eigenvalue weighted by Crippen LogP contribution is -2.60. The predicted molar refractivity (Wildman–Crippen MR) is 396 cm³/mol. The molecule has 1 fully saturated rings. The molecule has 0 aromatic heterocycles. The van der Waals surface area contributed by atoms with E-state index in [-0.39, 0.29) is 12.5 Å². The number of aliphatic hydroxyl groups excluding tert-OH is 5. The van der Waals surface area contributed by atoms with E-state index >= 15 is 0 Å². The van der Waals surface area contributed by atoms with Crippen molar-refractivity contribution in [1.29, 1.82) is 0 Å². The second kappa shape index (κ2) is 70.4. The number of rotatable bonds is 67. The highest BCUT2D eigenvalue weighted by atomic mass is 16.7. The zero-order valence-electron chi connectivity index (χ0n) is 59.5. The van der Waals surface area contributed by atoms with Crippen LogP contribution in [0.4, 0.5) is 0 Å². The third kappa shape index (κ3) is 58.0. The number of hydrogen-bond donors (Lipinski definition) is 6. The molecule has 9 nitrogen and oxygen atoms in total. The first-order valence-electron chi connectivity index (χ1n) is 38.8. The summed E-state index contributed by atoms with van der Waals surface area (Å²) in [4.78, 5) is 13.2. The van der Waals surface area contributed by atoms with Crippen LogP contribution in [0.15, 0.2) is 122 Å². The molecule has 0 bridgehead atoms. The topological polar surface area (TPSA) is 149 Å². The number of nitrogens with one attached hydrogen (secondary N) is 1. The number of allylic oxidation sites excluding steroid dienone is 19. The SMILES string of the molecule is CC/C=C\C/C=C\C/C=C\C/C=C\C/C=C\C/C=C\C/C=C\CCCCCCCCCCCCCCCCCCCC(=O)NC(COC1OC(CO)C(O)C(O)C1O)C(O)/C=C/CC/C=C/CC/C=C/CCCCCCCCCCCCCCCCCCCCCC. The Morgan fingerprint density at radius 2 is 0.685 bits per heavy atom. The lowest BCUT2D eigenvalue weighted by atomic mass is 9.99. The van der Waals surface area contributed by atoms with Crippen LogP contribution in [-0.2, 0) is 14.3 Å². The summed E-state index contributed by atoms with van der Waals surface area (Å²) in [6, 6.07) is -0.836. The molecule has 1 heterocycles. The predicted octanol–water partition coefficient (Wildman–Crippen LogP) is 22.1. The summed E-state index contributed by atoms with van der Waals surface area (Å²) >= 11 is 0. The largest absolute Gasteiger partial charge is 0.394 e. The molecule has 92 heavy (non-hydrogen) atoms. The van der Waals surface area contributed by atoms with Gasteiger partial charge in [0, 0.05) is 6.42 Å². The average molecular weight is 1290 g/mol. The van der Waals surface area contributed by atoms with E-state index in [0.717, 1.165) is 89.9 Å². The van der Waals surface area contributed by atoms with E-state index in [4.69, 9.17) is 9.47 Å². The molecule has 530 valence electrons. The van der Waals surface area contributed by atoms with Crippen molar-refractivity contribution in [2.45, 2.75) is 384 Å². The van der Waals surface area contributed by atoms with Crippen LogP contribution in [0.1, 0.15) is 341 Å². The zero-order chi connectivity index (χ0) is 66.4. The van der Waals surface area contributed by atoms with Crippen molar-refractivity contribution < 1.29 is 39.8 Å². The van der Waals surface area contributed by atoms with Gasteiger partial charge in [0.15, 0.2) is 6.29 Å². The van der Waals surface area contributed by atoms with Crippen LogP contribution >= 0.6 is 0 Å². The van der Waals surface area contributed by atoms with Crippen molar-refractivity contribution in [2.24, 2.45) is 0 Å². The summed E-state index contributed by atoms with van der Waals surface area (Å²) in [5.41, 5.74) is 0. The van der Waals surface area contributed by atoms with Gasteiger partial charge in [-0.15, -0.1) is 0 Å². The standard InChI is InChI=1S/C83H145NO8/c1-3-5-7-9-11-13-15-17-19-21-23-25-27-29-31-33-35-36-37-38-39-40-41-42-43-45-47-49-51-53-55-57-59-61-63-65-67-69-71-73-79(87)84-76(75-91-83-82(90)81(89)80(88)78(74-85)92-83)77(86)72-70-68-66-64-62-60-58-56-54-52-50-48-46-44-34-32-30-28-26-24-22-20-18-16-14-12-10-8-6-4-2/h5,7,11,13,17,19,23,25,29,31,35-36,38-39,54,56,62,64,70,72,76-78,80-83,85-86,88-90H,3-4,6,8-10,12,14-16,18,20-22,24,26-28,30,32-34,37,40-53,55,57-61,63,65-69,71,73-75H2,1-2H3,(H,84,87)/b7-5-,13-11-,19-17-,25-23-,31-29-,36-35-,39-38-,56-54+,64-62+,72-70+. The number of carbonyl (C=O) groups is 1. The van der Waals surface area contributed by atoms with Gasteiger partial charge in [-0.3, -0.25) is 4.79 Å². The maximum Gasteiger partial charge on any atom is 0.220 e. The van der Waals surface area contributed by atoms with Gasteiger partial charge in [0.2, 0.25) is 5.91 Å². The van der Waals surface area contributed by atoms with Crippen molar-refractivity contribution >= 4 is 5.91 Å². The second-order valence-electron chi connectivity index (χ2n) is 26.4. The second-order valence-corrected chi connectivity index (χ2v) is 26.4. The lowest BCUT2D eigenvalue weighted by Gasteiger charge is -2.40. The third-order valence-electron chi connectivity index (χ3n) is 17.7. The molecule has 0 aliphatic carbocycles. The Morgan fingerprint density at radius 3 is 1.04 bits per heavy atom. The first-order valence-corrected chi connectivity index (χ1v) is 38.8. The van der Waals surface area contributed by atoms with E-state index in [1.165, 1.54) is 231 Å². The summed E-state index contributed by atoms with van der Waals surface area (Å²) in [5, 5.41) is 54.8. The van der Waals surface area contributed by atoms with Crippen LogP contribution in [0.3, 0.4) is 0 Å². The fourth-order valence-electron chi connectivity index (χ4n) is 11.8. The quantitative estimate of drug-likeness (QED) is 0.0261. The first kappa shape index (κ1) is 86.6. The molecular weight excluding hydrogens is 1140 g/mol. The van der Waals surface area contributed by atoms with Gasteiger partial charge in [0.1, 0.15) is 24.4 Å². The fourth-order valence-corrected chi connectivity index (χ4v) is 11.8. The smallest absolute Gasteiger partial charge is 0.220 e. The highest BCUT2D eigenvalue weighted by Gasteiger charge is 2.44. The molecule has 6 N–H and O–H groups in total. The van der Waals surface area contributed by atoms with Crippen LogP contribution in [0.25, 0.3) is 0 Å². The third-order valence-corrected chi connectivity index (χ3v) is 17.7. The Hall–Kier alpha value is -3.41. The maximum atomic E-state index is 13.2. The molecule has 0 aromatic rings. The van der Waals surface area contributed by atoms with Gasteiger partial charge in [-0.25, -0.2) is 0 Å². The van der Waals surface area contributed by atoms with E-state index in [9.17, 15) is 30.3 Å². The Bertz CT molecular complexity index is 1880. The van der Waals surface area contributed by atoms with E-state index in [0.29, 0.717) is 6.42 Å². The van der Waals surface area contributed by atoms with Crippen molar-refractivity contribution in [2.75, 3.05) is 13.2 Å². The molecule has 7 unspecified atom stereocenters. The molecule has 0 aromatic carbocycles. The van der Waals surface area contributed by atoms with Crippen molar-refractivity contribution in [3.05, 3.63) is 122 Å². The Labute approximate surface area is 567 Å². The molecule has 1 aliphatic heterocycles. The first-order chi connectivity index (χ1) is 45.3. The van der Waals surface area contributed by atoms with E-state index in [1.54, 1.807) is 6.08 Å². The maximum absolute atomic E-state index is 13.2. The summed E-state index contributed by atoms with van der Waals surface area (Å²) in [6.07, 6.45) is 99.0. The molecule has 0 saturated carbocycles. The normalized spacial score (nSPS) is 18.4. The minimum atomic E-state index is -1.58. The highest BCUT2D eigenvalue weighted by Crippen LogP contribution is 2.23. The van der Waals surface area contributed by atoms with Gasteiger partial charge in [-0.2, -0.15) is 0 Å². The minimum Gasteiger partial charge on any atom is -0.394 e. The van der Waals surface area contributed by atoms with E-state index in [2.05, 4.69) is 129 Å². The summed E-state index contributed by atoms with van der Waals surface area (Å²) in [5.74, 6) is -0.190. The monoisotopic (exact) mass is 1280 g/mol. The lowest BCUT2D eigenvalue weighted by molar-refractivity contribution is -0.302. The summed E-state index contributed by atoms with van der Waals surface area (Å²) < 4.78 is 11.3. The minimum absolute atomic E-state index is 0.190. The van der Waals surface area contributed by atoms with Gasteiger partial charge in [0.05, 0.1) is 25.4 Å². The van der Waals surface area contributed by atoms with E-state index in [1.807, 2.05) is 6.08 Å². The van der Waals surface area contributed by atoms with Crippen molar-refractivity contribution in [3.63, 3.8) is 0 Å². The fraction of sp³-hybridized carbons (Fsp3) is 0.747. The summed E-state index contributed by atoms with van der Waals surface area (Å²) in [6.45, 7) is 3.68. The molecule has 1 saturated heterocycles. The molecule has 1 aliphatic rings. The molecule has 1 amide bonds. The van der Waals surface area contributed by atoms with Crippen LogP contribution in [0.2, 0.25) is 0 Å². The van der Waals surface area contributed by atoms with Gasteiger partial charge >= 0.3 is 0 Å². The number of ether oxygens (including phenoxy) is 2. The molecule has 1 rings (SSSR count). The molecule has 9 heteroatoms. The number of amides is 1. The molecule has 7 atom stereocenters. The van der Waals surface area contributed by atoms with Crippen LogP contribution in [0, 0.1) is 0 Å². The van der Waals surface area contributed by atoms with Crippen molar-refractivity contribution in [1.82, 2.24) is 5.32 Å². The van der Waals surface area contributed by atoms with Gasteiger partial charge in [0.25, 0.3) is 0 Å². The summed E-state index contributed by atoms with van der Waals surface area (Å²) in [7, 11) is 0. The van der Waals surface area contributed by atoms with Gasteiger partial charge in [-0.1, -0.05) is 354 Å². The zero-order valence-corrected chi connectivity index (χ0v) is 59.5. The van der Waals surface area contributed by atoms with Crippen LogP contribution in [0.5, 0.6) is 0 Å². The molecule has 0 spiro atoms. The highest BCUT2D eigenvalue weighted by molar-refractivity contribution is 5.76. The Kier molecular flexibility index (Phi) is 66.3. The van der Waals surface area contributed by atoms with E-state index < -0.39 is 49.5 Å². The van der Waals surface area contributed by atoms with Crippen LogP contribution in [-0.4, -0.2) is 87.5 Å². The Morgan fingerprint density at radius 1 is 0.380 bits per heavy atom. The molecular formula is C83H145NO8. The number of aliphatic hydroxyl groups is 5. The van der Waals surface area contributed by atoms with Gasteiger partial charge < -0.3 is 40.3 Å². The Balaban J connectivity index is 2.12. The van der Waals surface area contributed by atoms with Crippen LogP contribution < -0.4 is 5.32 Å². The average Bonchev–Trinajstić information content (AvgIpc) is 1.45. The van der Waals surface area contributed by atoms with Crippen molar-refractivity contribution in [3.8, 4) is 0 Å². The number of hydrogen-bond acceptors (Lipinski definition) is 8. The number of unbranched alkanes of at least 4 members (excludes halogenated alkanes) is 39. The molecule has 0 radical (unpaired) electrons.